The Morgan fingerprint density at radius 2 is 2.10 bits per heavy atom. The minimum Gasteiger partial charge on any atom is -0.469 e. The van der Waals surface area contributed by atoms with Gasteiger partial charge in [0.05, 0.1) is 19.1 Å². The lowest BCUT2D eigenvalue weighted by molar-refractivity contribution is -0.142. The van der Waals surface area contributed by atoms with Crippen molar-refractivity contribution < 1.29 is 9.53 Å². The molecule has 0 aromatic rings. The van der Waals surface area contributed by atoms with Crippen molar-refractivity contribution in [2.45, 2.75) is 58.3 Å². The highest BCUT2D eigenvalue weighted by molar-refractivity contribution is 5.69. The quantitative estimate of drug-likeness (QED) is 0.724. The highest BCUT2D eigenvalue weighted by Gasteiger charge is 2.54. The molecule has 0 N–H and O–H groups in total. The normalized spacial score (nSPS) is 45.3. The molecule has 3 saturated carbocycles. The Hall–Kier alpha value is -1.04. The molecule has 3 aliphatic carbocycles. The van der Waals surface area contributed by atoms with Gasteiger partial charge in [-0.05, 0) is 74.0 Å². The third-order valence-corrected chi connectivity index (χ3v) is 6.97. The summed E-state index contributed by atoms with van der Waals surface area (Å²) in [5.74, 6) is 3.08. The summed E-state index contributed by atoms with van der Waals surface area (Å²) in [6, 6.07) is 2.58. The van der Waals surface area contributed by atoms with Crippen molar-refractivity contribution in [3.8, 4) is 6.07 Å². The third-order valence-electron chi connectivity index (χ3n) is 6.97. The topological polar surface area (TPSA) is 50.1 Å². The van der Waals surface area contributed by atoms with Crippen molar-refractivity contribution in [2.75, 3.05) is 7.11 Å². The zero-order chi connectivity index (χ0) is 15.0. The van der Waals surface area contributed by atoms with E-state index in [0.29, 0.717) is 12.3 Å². The second-order valence-electron chi connectivity index (χ2n) is 7.79. The van der Waals surface area contributed by atoms with Crippen LogP contribution in [-0.4, -0.2) is 13.1 Å². The van der Waals surface area contributed by atoms with Crippen LogP contribution in [0, 0.1) is 46.3 Å². The standard InChI is InChI=1S/C18H27NO2/c1-18-8-7-13-9-12(10-17(20)21-2)3-5-15(13)16(18)6-4-14(18)11-19/h12-16H,3-10H2,1-2H3/t12-,13-,14+,15-,16+,18-/m0/s1. The Bertz CT molecular complexity index is 455. The van der Waals surface area contributed by atoms with Crippen molar-refractivity contribution in [1.82, 2.24) is 0 Å². The lowest BCUT2D eigenvalue weighted by Gasteiger charge is -2.50. The Morgan fingerprint density at radius 1 is 1.29 bits per heavy atom. The molecule has 0 aromatic carbocycles. The number of ether oxygens (including phenoxy) is 1. The summed E-state index contributed by atoms with van der Waals surface area (Å²) in [5.41, 5.74) is 0.269. The molecule has 3 nitrogen and oxygen atoms in total. The molecular formula is C18H27NO2. The zero-order valence-electron chi connectivity index (χ0n) is 13.3. The van der Waals surface area contributed by atoms with E-state index in [1.54, 1.807) is 0 Å². The highest BCUT2D eigenvalue weighted by atomic mass is 16.5. The molecule has 0 aliphatic heterocycles. The minimum absolute atomic E-state index is 0.0514. The summed E-state index contributed by atoms with van der Waals surface area (Å²) in [6.07, 6.45) is 9.04. The molecule has 116 valence electrons. The molecule has 3 aliphatic rings. The van der Waals surface area contributed by atoms with E-state index in [4.69, 9.17) is 4.74 Å². The van der Waals surface area contributed by atoms with Gasteiger partial charge >= 0.3 is 5.97 Å². The number of hydrogen-bond donors (Lipinski definition) is 0. The fourth-order valence-electron chi connectivity index (χ4n) is 5.79. The number of nitrogens with zero attached hydrogens (tertiary/aromatic N) is 1. The molecule has 0 unspecified atom stereocenters. The molecule has 21 heavy (non-hydrogen) atoms. The maximum atomic E-state index is 11.5. The van der Waals surface area contributed by atoms with E-state index in [9.17, 15) is 10.1 Å². The number of carbonyl (C=O) groups excluding carboxylic acids is 1. The molecule has 3 fully saturated rings. The smallest absolute Gasteiger partial charge is 0.305 e. The first-order valence-corrected chi connectivity index (χ1v) is 8.55. The first kappa shape index (κ1) is 14.9. The van der Waals surface area contributed by atoms with Crippen molar-refractivity contribution in [2.24, 2.45) is 35.0 Å². The Morgan fingerprint density at radius 3 is 2.81 bits per heavy atom. The molecule has 0 heterocycles. The molecule has 0 bridgehead atoms. The molecule has 0 spiro atoms. The lowest BCUT2D eigenvalue weighted by atomic mass is 9.54. The molecular weight excluding hydrogens is 262 g/mol. The van der Waals surface area contributed by atoms with Crippen LogP contribution in [0.15, 0.2) is 0 Å². The minimum atomic E-state index is -0.0514. The SMILES string of the molecule is COC(=O)C[C@H]1CC[C@H]2[C@@H](CC[C@]3(C)[C@@H]2CC[C@@H]3C#N)C1. The van der Waals surface area contributed by atoms with Gasteiger partial charge in [0.15, 0.2) is 0 Å². The van der Waals surface area contributed by atoms with Crippen LogP contribution in [0.4, 0.5) is 0 Å². The number of methoxy groups -OCH3 is 1. The van der Waals surface area contributed by atoms with Gasteiger partial charge in [-0.2, -0.15) is 5.26 Å². The summed E-state index contributed by atoms with van der Waals surface area (Å²) >= 11 is 0. The van der Waals surface area contributed by atoms with Crippen LogP contribution < -0.4 is 0 Å². The fourth-order valence-corrected chi connectivity index (χ4v) is 5.79. The van der Waals surface area contributed by atoms with Crippen LogP contribution in [-0.2, 0) is 9.53 Å². The van der Waals surface area contributed by atoms with Gasteiger partial charge in [0, 0.05) is 6.42 Å². The second kappa shape index (κ2) is 5.63. The van der Waals surface area contributed by atoms with E-state index < -0.39 is 0 Å². The van der Waals surface area contributed by atoms with Crippen molar-refractivity contribution in [1.29, 1.82) is 5.26 Å². The number of rotatable bonds is 2. The van der Waals surface area contributed by atoms with Gasteiger partial charge in [0.25, 0.3) is 0 Å². The molecule has 0 radical (unpaired) electrons. The number of fused-ring (bicyclic) bond motifs is 3. The van der Waals surface area contributed by atoms with E-state index >= 15 is 0 Å². The summed E-state index contributed by atoms with van der Waals surface area (Å²) in [6.45, 7) is 2.37. The number of carbonyl (C=O) groups is 1. The largest absolute Gasteiger partial charge is 0.469 e. The van der Waals surface area contributed by atoms with Crippen molar-refractivity contribution in [3.05, 3.63) is 0 Å². The van der Waals surface area contributed by atoms with E-state index in [-0.39, 0.29) is 17.3 Å². The van der Waals surface area contributed by atoms with Gasteiger partial charge in [0.1, 0.15) is 0 Å². The average molecular weight is 289 g/mol. The van der Waals surface area contributed by atoms with Gasteiger partial charge in [-0.1, -0.05) is 6.92 Å². The zero-order valence-corrected chi connectivity index (χ0v) is 13.3. The van der Waals surface area contributed by atoms with Gasteiger partial charge in [-0.15, -0.1) is 0 Å². The third kappa shape index (κ3) is 2.47. The van der Waals surface area contributed by atoms with Crippen molar-refractivity contribution in [3.63, 3.8) is 0 Å². The maximum absolute atomic E-state index is 11.5. The molecule has 6 atom stereocenters. The summed E-state index contributed by atoms with van der Waals surface area (Å²) < 4.78 is 4.83. The van der Waals surface area contributed by atoms with Crippen LogP contribution in [0.5, 0.6) is 0 Å². The molecule has 0 aromatic heterocycles. The first-order valence-electron chi connectivity index (χ1n) is 8.55. The fraction of sp³-hybridized carbons (Fsp3) is 0.889. The number of hydrogen-bond acceptors (Lipinski definition) is 3. The monoisotopic (exact) mass is 289 g/mol. The average Bonchev–Trinajstić information content (AvgIpc) is 2.83. The Labute approximate surface area is 128 Å². The predicted octanol–water partition coefficient (Wildman–Crippen LogP) is 3.93. The second-order valence-corrected chi connectivity index (χ2v) is 7.79. The molecule has 0 amide bonds. The number of esters is 1. The molecule has 3 rings (SSSR count). The summed E-state index contributed by atoms with van der Waals surface area (Å²) in [4.78, 5) is 11.5. The van der Waals surface area contributed by atoms with E-state index in [0.717, 1.165) is 24.2 Å². The van der Waals surface area contributed by atoms with Crippen molar-refractivity contribution >= 4 is 5.97 Å². The molecule has 3 heteroatoms. The van der Waals surface area contributed by atoms with Crippen LogP contribution in [0.1, 0.15) is 58.3 Å². The van der Waals surface area contributed by atoms with Gasteiger partial charge < -0.3 is 4.74 Å². The van der Waals surface area contributed by atoms with Crippen LogP contribution >= 0.6 is 0 Å². The van der Waals surface area contributed by atoms with E-state index in [1.165, 1.54) is 45.6 Å². The summed E-state index contributed by atoms with van der Waals surface area (Å²) in [7, 11) is 1.49. The Balaban J connectivity index is 1.67. The lowest BCUT2D eigenvalue weighted by Crippen LogP contribution is -2.43. The van der Waals surface area contributed by atoms with Gasteiger partial charge in [0.2, 0.25) is 0 Å². The Kier molecular flexibility index (Phi) is 3.99. The van der Waals surface area contributed by atoms with Crippen LogP contribution in [0.3, 0.4) is 0 Å². The van der Waals surface area contributed by atoms with Gasteiger partial charge in [-0.3, -0.25) is 4.79 Å². The summed E-state index contributed by atoms with van der Waals surface area (Å²) in [5, 5.41) is 9.43. The predicted molar refractivity (Wildman–Crippen MR) is 80.1 cm³/mol. The van der Waals surface area contributed by atoms with E-state index in [1.807, 2.05) is 0 Å². The van der Waals surface area contributed by atoms with E-state index in [2.05, 4.69) is 13.0 Å². The maximum Gasteiger partial charge on any atom is 0.305 e. The number of nitriles is 1. The van der Waals surface area contributed by atoms with Crippen LogP contribution in [0.25, 0.3) is 0 Å². The van der Waals surface area contributed by atoms with Crippen LogP contribution in [0.2, 0.25) is 0 Å². The molecule has 0 saturated heterocycles. The highest BCUT2D eigenvalue weighted by Crippen LogP contribution is 2.61. The van der Waals surface area contributed by atoms with Gasteiger partial charge in [-0.25, -0.2) is 0 Å². The first-order chi connectivity index (χ1) is 10.1.